The van der Waals surface area contributed by atoms with Gasteiger partial charge in [-0.2, -0.15) is 0 Å². The highest BCUT2D eigenvalue weighted by molar-refractivity contribution is 6.26. The maximum Gasteiger partial charge on any atom is 0.0568 e. The number of aromatic nitrogens is 2. The first kappa shape index (κ1) is 40.3. The molecule has 0 radical (unpaired) electrons. The third-order valence-electron chi connectivity index (χ3n) is 14.9. The average Bonchev–Trinajstić information content (AvgIpc) is 3.98. The van der Waals surface area contributed by atoms with Gasteiger partial charge in [-0.15, -0.1) is 0 Å². The zero-order valence-electron chi connectivity index (χ0n) is 39.2. The molecule has 0 aliphatic carbocycles. The summed E-state index contributed by atoms with van der Waals surface area (Å²) >= 11 is 0. The van der Waals surface area contributed by atoms with Gasteiger partial charge in [0.2, 0.25) is 0 Å². The van der Waals surface area contributed by atoms with Gasteiger partial charge in [-0.3, -0.25) is 0 Å². The highest BCUT2D eigenvalue weighted by Gasteiger charge is 2.24. The number of rotatable bonds is 9. The molecule has 15 rings (SSSR count). The van der Waals surface area contributed by atoms with Gasteiger partial charge < -0.3 is 18.9 Å². The van der Waals surface area contributed by atoms with Crippen molar-refractivity contribution >= 4 is 110 Å². The number of nitrogens with zero attached hydrogens (tertiary/aromatic N) is 4. The first-order chi connectivity index (χ1) is 35.7. The summed E-state index contributed by atoms with van der Waals surface area (Å²) in [7, 11) is 0. The van der Waals surface area contributed by atoms with Gasteiger partial charge in [-0.1, -0.05) is 164 Å². The molecule has 336 valence electrons. The van der Waals surface area contributed by atoms with Crippen molar-refractivity contribution in [2.24, 2.45) is 0 Å². The summed E-state index contributed by atoms with van der Waals surface area (Å²) in [5, 5.41) is 12.5. The molecular formula is C68H44N4. The molecule has 0 fully saturated rings. The van der Waals surface area contributed by atoms with E-state index in [0.717, 1.165) is 51.1 Å². The Kier molecular flexibility index (Phi) is 8.92. The van der Waals surface area contributed by atoms with E-state index in [4.69, 9.17) is 0 Å². The standard InChI is InChI=1S/C68H44N4/c1-5-19-50(20-6-1)69(55-41-48-33-31-46-17-15-29-61-65(46)67(48)63(43-55)71(61)52-23-9-3-10-24-52)54-37-35-45(36-38-54)57-39-40-60(59-28-14-13-27-58(57)59)70(51-21-7-2-8-22-51)56-42-49-34-32-47-18-16-30-62-66(47)68(49)64(44-56)72(62)53-25-11-4-12-26-53/h1-44H. The van der Waals surface area contributed by atoms with Crippen molar-refractivity contribution in [1.29, 1.82) is 0 Å². The summed E-state index contributed by atoms with van der Waals surface area (Å²) in [5.41, 5.74) is 16.1. The topological polar surface area (TPSA) is 16.3 Å². The molecule has 2 heterocycles. The lowest BCUT2D eigenvalue weighted by Crippen LogP contribution is -2.11. The predicted molar refractivity (Wildman–Crippen MR) is 305 cm³/mol. The second-order valence-electron chi connectivity index (χ2n) is 18.9. The van der Waals surface area contributed by atoms with Crippen LogP contribution in [0.3, 0.4) is 0 Å². The molecule has 4 nitrogen and oxygen atoms in total. The van der Waals surface area contributed by atoms with Crippen LogP contribution >= 0.6 is 0 Å². The van der Waals surface area contributed by atoms with Gasteiger partial charge in [0.15, 0.2) is 0 Å². The molecular weight excluding hydrogens is 873 g/mol. The largest absolute Gasteiger partial charge is 0.310 e. The van der Waals surface area contributed by atoms with Crippen LogP contribution in [-0.4, -0.2) is 9.13 Å². The quantitative estimate of drug-likeness (QED) is 0.134. The highest BCUT2D eigenvalue weighted by Crippen LogP contribution is 2.48. The van der Waals surface area contributed by atoms with Crippen LogP contribution in [0.25, 0.3) is 98.4 Å². The highest BCUT2D eigenvalue weighted by atomic mass is 15.2. The molecule has 0 atom stereocenters. The van der Waals surface area contributed by atoms with Crippen molar-refractivity contribution in [3.63, 3.8) is 0 Å². The zero-order chi connectivity index (χ0) is 47.3. The predicted octanol–water partition coefficient (Wildman–Crippen LogP) is 18.8. The zero-order valence-corrected chi connectivity index (χ0v) is 39.2. The smallest absolute Gasteiger partial charge is 0.0568 e. The number of para-hydroxylation sites is 4. The Bertz CT molecular complexity index is 4480. The van der Waals surface area contributed by atoms with Crippen molar-refractivity contribution in [2.45, 2.75) is 0 Å². The molecule has 4 heteroatoms. The van der Waals surface area contributed by atoms with E-state index < -0.39 is 0 Å². The second-order valence-corrected chi connectivity index (χ2v) is 18.9. The van der Waals surface area contributed by atoms with Crippen molar-refractivity contribution in [3.05, 3.63) is 267 Å². The van der Waals surface area contributed by atoms with Gasteiger partial charge in [0, 0.05) is 66.7 Å². The van der Waals surface area contributed by atoms with Gasteiger partial charge >= 0.3 is 0 Å². The summed E-state index contributed by atoms with van der Waals surface area (Å²) in [4.78, 5) is 4.84. The third-order valence-corrected chi connectivity index (χ3v) is 14.9. The molecule has 15 aromatic rings. The van der Waals surface area contributed by atoms with E-state index in [-0.39, 0.29) is 0 Å². The van der Waals surface area contributed by atoms with Crippen LogP contribution in [0.4, 0.5) is 34.1 Å². The Morgan fingerprint density at radius 2 is 0.681 bits per heavy atom. The fourth-order valence-electron chi connectivity index (χ4n) is 11.9. The fourth-order valence-corrected chi connectivity index (χ4v) is 11.9. The van der Waals surface area contributed by atoms with Crippen molar-refractivity contribution in [1.82, 2.24) is 9.13 Å². The molecule has 0 saturated carbocycles. The van der Waals surface area contributed by atoms with Crippen LogP contribution in [-0.2, 0) is 0 Å². The Balaban J connectivity index is 0.876. The van der Waals surface area contributed by atoms with E-state index in [1.807, 2.05) is 0 Å². The van der Waals surface area contributed by atoms with Crippen LogP contribution in [0.1, 0.15) is 0 Å². The number of hydrogen-bond donors (Lipinski definition) is 0. The Morgan fingerprint density at radius 3 is 1.22 bits per heavy atom. The van der Waals surface area contributed by atoms with E-state index in [1.54, 1.807) is 0 Å². The summed E-state index contributed by atoms with van der Waals surface area (Å²) in [6.07, 6.45) is 0. The van der Waals surface area contributed by atoms with Crippen molar-refractivity contribution < 1.29 is 0 Å². The molecule has 0 N–H and O–H groups in total. The lowest BCUT2D eigenvalue weighted by atomic mass is 9.95. The fraction of sp³-hybridized carbons (Fsp3) is 0. The maximum absolute atomic E-state index is 2.44. The molecule has 2 aromatic heterocycles. The van der Waals surface area contributed by atoms with Gasteiger partial charge in [-0.05, 0) is 141 Å². The number of hydrogen-bond acceptors (Lipinski definition) is 2. The Morgan fingerprint density at radius 1 is 0.250 bits per heavy atom. The number of benzene rings is 13. The first-order valence-electron chi connectivity index (χ1n) is 24.8. The molecule has 72 heavy (non-hydrogen) atoms. The van der Waals surface area contributed by atoms with E-state index in [1.165, 1.54) is 81.5 Å². The summed E-state index contributed by atoms with van der Waals surface area (Å²) < 4.78 is 4.87. The molecule has 0 amide bonds. The van der Waals surface area contributed by atoms with Gasteiger partial charge in [0.1, 0.15) is 0 Å². The van der Waals surface area contributed by atoms with E-state index in [9.17, 15) is 0 Å². The minimum atomic E-state index is 1.09. The average molecular weight is 917 g/mol. The lowest BCUT2D eigenvalue weighted by Gasteiger charge is -2.28. The summed E-state index contributed by atoms with van der Waals surface area (Å²) in [6, 6.07) is 97.7. The Hall–Kier alpha value is -9.64. The summed E-state index contributed by atoms with van der Waals surface area (Å²) in [5.74, 6) is 0. The molecule has 13 aromatic carbocycles. The minimum absolute atomic E-state index is 1.09. The number of anilines is 6. The van der Waals surface area contributed by atoms with Crippen LogP contribution in [0.5, 0.6) is 0 Å². The van der Waals surface area contributed by atoms with E-state index in [0.29, 0.717) is 0 Å². The molecule has 0 aliphatic rings. The van der Waals surface area contributed by atoms with Crippen LogP contribution in [0.2, 0.25) is 0 Å². The maximum atomic E-state index is 2.44. The van der Waals surface area contributed by atoms with E-state index in [2.05, 4.69) is 286 Å². The molecule has 0 unspecified atom stereocenters. The molecule has 0 aliphatic heterocycles. The monoisotopic (exact) mass is 916 g/mol. The number of fused-ring (bicyclic) bond motifs is 1. The molecule has 0 bridgehead atoms. The van der Waals surface area contributed by atoms with Crippen LogP contribution in [0.15, 0.2) is 267 Å². The van der Waals surface area contributed by atoms with Crippen LogP contribution < -0.4 is 9.80 Å². The van der Waals surface area contributed by atoms with Gasteiger partial charge in [-0.25, -0.2) is 0 Å². The molecule has 0 spiro atoms. The van der Waals surface area contributed by atoms with Crippen molar-refractivity contribution in [2.75, 3.05) is 9.80 Å². The summed E-state index contributed by atoms with van der Waals surface area (Å²) in [6.45, 7) is 0. The first-order valence-corrected chi connectivity index (χ1v) is 24.8. The van der Waals surface area contributed by atoms with E-state index >= 15 is 0 Å². The second kappa shape index (κ2) is 16.0. The third kappa shape index (κ3) is 6.12. The van der Waals surface area contributed by atoms with Crippen molar-refractivity contribution in [3.8, 4) is 22.5 Å². The van der Waals surface area contributed by atoms with Crippen LogP contribution in [0, 0.1) is 0 Å². The van der Waals surface area contributed by atoms with Gasteiger partial charge in [0.05, 0.1) is 27.8 Å². The minimum Gasteiger partial charge on any atom is -0.310 e. The molecule has 0 saturated heterocycles. The SMILES string of the molecule is c1ccc(N(c2ccc(-c3ccc(N(c4ccccc4)c4cc5ccc6cccc7c6c5c(c4)n7-c4ccccc4)c4ccccc34)cc2)c2cc3ccc4cccc5c4c3c(c2)n5-c2ccccc2)cc1. The lowest BCUT2D eigenvalue weighted by molar-refractivity contribution is 1.18. The normalized spacial score (nSPS) is 11.9. The Labute approximate surface area is 416 Å². The van der Waals surface area contributed by atoms with Gasteiger partial charge in [0.25, 0.3) is 0 Å².